The van der Waals surface area contributed by atoms with Gasteiger partial charge in [-0.05, 0) is 18.2 Å². The van der Waals surface area contributed by atoms with Crippen molar-refractivity contribution in [2.45, 2.75) is 18.9 Å². The zero-order valence-corrected chi connectivity index (χ0v) is 16.7. The summed E-state index contributed by atoms with van der Waals surface area (Å²) in [7, 11) is 1.46. The molecule has 2 aromatic rings. The number of nitrogen functional groups attached to an aromatic ring is 1. The maximum atomic E-state index is 13.7. The van der Waals surface area contributed by atoms with Crippen LogP contribution in [0.2, 0.25) is 5.02 Å². The van der Waals surface area contributed by atoms with Gasteiger partial charge in [0.05, 0.1) is 23.4 Å². The Bertz CT molecular complexity index is 859. The first-order chi connectivity index (χ1) is 12.9. The summed E-state index contributed by atoms with van der Waals surface area (Å²) in [6.45, 7) is 0.856. The standard InChI is InChI=1S/C19H19ClF2N2O3.ClH/c1-26-18-10-16(23)14(20)9-13(18)19(25)24-6-4-12(5-7-24)27-17-3-2-11(21)8-15(17)22;/h2-3,8-10,12H,4-7,23H2,1H3;1H. The maximum absolute atomic E-state index is 13.7. The molecule has 152 valence electrons. The Balaban J connectivity index is 0.00000280. The second kappa shape index (κ2) is 9.30. The Hall–Kier alpha value is -2.25. The molecule has 0 aliphatic carbocycles. The van der Waals surface area contributed by atoms with Gasteiger partial charge < -0.3 is 20.1 Å². The molecule has 1 fully saturated rings. The largest absolute Gasteiger partial charge is 0.496 e. The van der Waals surface area contributed by atoms with Crippen molar-refractivity contribution in [2.75, 3.05) is 25.9 Å². The number of amides is 1. The molecular formula is C19H20Cl2F2N2O3. The van der Waals surface area contributed by atoms with Crippen molar-refractivity contribution < 1.29 is 23.0 Å². The summed E-state index contributed by atoms with van der Waals surface area (Å²) >= 11 is 6.03. The molecule has 1 aliphatic heterocycles. The van der Waals surface area contributed by atoms with Crippen LogP contribution in [-0.4, -0.2) is 37.1 Å². The SMILES string of the molecule is COc1cc(N)c(Cl)cc1C(=O)N1CCC(Oc2ccc(F)cc2F)CC1.Cl. The Kier molecular flexibility index (Phi) is 7.32. The fraction of sp³-hybridized carbons (Fsp3) is 0.316. The number of hydrogen-bond donors (Lipinski definition) is 1. The lowest BCUT2D eigenvalue weighted by Gasteiger charge is -2.32. The fourth-order valence-corrected chi connectivity index (χ4v) is 3.17. The molecule has 0 bridgehead atoms. The first-order valence-electron chi connectivity index (χ1n) is 8.43. The zero-order chi connectivity index (χ0) is 19.6. The lowest BCUT2D eigenvalue weighted by molar-refractivity contribution is 0.0585. The van der Waals surface area contributed by atoms with Gasteiger partial charge in [-0.1, -0.05) is 11.6 Å². The molecule has 0 atom stereocenters. The quantitative estimate of drug-likeness (QED) is 0.730. The number of ether oxygens (including phenoxy) is 2. The van der Waals surface area contributed by atoms with E-state index < -0.39 is 11.6 Å². The lowest BCUT2D eigenvalue weighted by atomic mass is 10.1. The van der Waals surface area contributed by atoms with Gasteiger partial charge in [-0.25, -0.2) is 8.78 Å². The fourth-order valence-electron chi connectivity index (χ4n) is 3.00. The Labute approximate surface area is 172 Å². The number of piperidine rings is 1. The van der Waals surface area contributed by atoms with E-state index in [0.717, 1.165) is 12.1 Å². The second-order valence-electron chi connectivity index (χ2n) is 6.26. The van der Waals surface area contributed by atoms with Crippen LogP contribution < -0.4 is 15.2 Å². The van der Waals surface area contributed by atoms with Gasteiger partial charge in [-0.3, -0.25) is 4.79 Å². The third-order valence-electron chi connectivity index (χ3n) is 4.47. The smallest absolute Gasteiger partial charge is 0.257 e. The highest BCUT2D eigenvalue weighted by Crippen LogP contribution is 2.31. The van der Waals surface area contributed by atoms with E-state index >= 15 is 0 Å². The number of rotatable bonds is 4. The van der Waals surface area contributed by atoms with Crippen LogP contribution in [-0.2, 0) is 0 Å². The predicted molar refractivity (Wildman–Crippen MR) is 106 cm³/mol. The molecule has 0 unspecified atom stereocenters. The average Bonchev–Trinajstić information content (AvgIpc) is 2.66. The minimum absolute atomic E-state index is 0. The molecule has 0 radical (unpaired) electrons. The molecule has 1 heterocycles. The van der Waals surface area contributed by atoms with Crippen molar-refractivity contribution in [3.05, 3.63) is 52.6 Å². The van der Waals surface area contributed by atoms with E-state index in [0.29, 0.717) is 42.9 Å². The van der Waals surface area contributed by atoms with Crippen LogP contribution in [0.1, 0.15) is 23.2 Å². The lowest BCUT2D eigenvalue weighted by Crippen LogP contribution is -2.42. The van der Waals surface area contributed by atoms with Gasteiger partial charge >= 0.3 is 0 Å². The molecular weight excluding hydrogens is 413 g/mol. The van der Waals surface area contributed by atoms with Crippen molar-refractivity contribution in [2.24, 2.45) is 0 Å². The predicted octanol–water partition coefficient (Wildman–Crippen LogP) is 4.31. The summed E-state index contributed by atoms with van der Waals surface area (Å²) in [5.41, 5.74) is 6.42. The maximum Gasteiger partial charge on any atom is 0.257 e. The van der Waals surface area contributed by atoms with Crippen LogP contribution in [0.15, 0.2) is 30.3 Å². The van der Waals surface area contributed by atoms with Crippen LogP contribution in [0, 0.1) is 11.6 Å². The van der Waals surface area contributed by atoms with Crippen molar-refractivity contribution in [3.63, 3.8) is 0 Å². The first-order valence-corrected chi connectivity index (χ1v) is 8.81. The molecule has 0 saturated carbocycles. The number of carbonyl (C=O) groups is 1. The van der Waals surface area contributed by atoms with Gasteiger partial charge in [-0.2, -0.15) is 0 Å². The van der Waals surface area contributed by atoms with Crippen LogP contribution in [0.4, 0.5) is 14.5 Å². The Morgan fingerprint density at radius 1 is 1.18 bits per heavy atom. The number of nitrogens with zero attached hydrogens (tertiary/aromatic N) is 1. The summed E-state index contributed by atoms with van der Waals surface area (Å²) in [5.74, 6) is -1.26. The van der Waals surface area contributed by atoms with E-state index in [1.807, 2.05) is 0 Å². The van der Waals surface area contributed by atoms with E-state index in [9.17, 15) is 13.6 Å². The van der Waals surface area contributed by atoms with E-state index in [1.165, 1.54) is 25.3 Å². The normalized spacial score (nSPS) is 14.4. The monoisotopic (exact) mass is 432 g/mol. The zero-order valence-electron chi connectivity index (χ0n) is 15.1. The van der Waals surface area contributed by atoms with Crippen LogP contribution in [0.5, 0.6) is 11.5 Å². The Morgan fingerprint density at radius 3 is 2.46 bits per heavy atom. The molecule has 2 N–H and O–H groups in total. The minimum atomic E-state index is -0.741. The molecule has 9 heteroatoms. The highest BCUT2D eigenvalue weighted by Gasteiger charge is 2.27. The van der Waals surface area contributed by atoms with E-state index in [4.69, 9.17) is 26.8 Å². The van der Waals surface area contributed by atoms with Gasteiger partial charge in [0.2, 0.25) is 0 Å². The minimum Gasteiger partial charge on any atom is -0.496 e. The average molecular weight is 433 g/mol. The first kappa shape index (κ1) is 22.0. The van der Waals surface area contributed by atoms with Crippen molar-refractivity contribution >= 4 is 35.6 Å². The molecule has 1 aliphatic rings. The summed E-state index contributed by atoms with van der Waals surface area (Å²) < 4.78 is 37.5. The number of hydrogen-bond acceptors (Lipinski definition) is 4. The summed E-state index contributed by atoms with van der Waals surface area (Å²) in [5, 5.41) is 0.282. The molecule has 2 aromatic carbocycles. The molecule has 0 aromatic heterocycles. The highest BCUT2D eigenvalue weighted by molar-refractivity contribution is 6.33. The van der Waals surface area contributed by atoms with Crippen LogP contribution in [0.25, 0.3) is 0 Å². The highest BCUT2D eigenvalue weighted by atomic mass is 35.5. The molecule has 1 amide bonds. The number of methoxy groups -OCH3 is 1. The molecule has 0 spiro atoms. The third kappa shape index (κ3) is 4.77. The van der Waals surface area contributed by atoms with Gasteiger partial charge in [0.15, 0.2) is 11.6 Å². The second-order valence-corrected chi connectivity index (χ2v) is 6.67. The van der Waals surface area contributed by atoms with Crippen LogP contribution in [0.3, 0.4) is 0 Å². The topological polar surface area (TPSA) is 64.8 Å². The summed E-state index contributed by atoms with van der Waals surface area (Å²) in [6.07, 6.45) is 0.784. The molecule has 3 rings (SSSR count). The number of anilines is 1. The number of halogens is 4. The molecule has 5 nitrogen and oxygen atoms in total. The summed E-state index contributed by atoms with van der Waals surface area (Å²) in [6, 6.07) is 6.21. The van der Waals surface area contributed by atoms with Crippen molar-refractivity contribution in [1.29, 1.82) is 0 Å². The third-order valence-corrected chi connectivity index (χ3v) is 4.79. The number of nitrogens with two attached hydrogens (primary N) is 1. The van der Waals surface area contributed by atoms with Gasteiger partial charge in [0, 0.05) is 38.1 Å². The number of carbonyl (C=O) groups excluding carboxylic acids is 1. The summed E-state index contributed by atoms with van der Waals surface area (Å²) in [4.78, 5) is 14.5. The number of likely N-dealkylation sites (tertiary alicyclic amines) is 1. The molecule has 1 saturated heterocycles. The van der Waals surface area contributed by atoms with Gasteiger partial charge in [-0.15, -0.1) is 12.4 Å². The number of benzene rings is 2. The van der Waals surface area contributed by atoms with Gasteiger partial charge in [0.1, 0.15) is 17.7 Å². The van der Waals surface area contributed by atoms with Gasteiger partial charge in [0.25, 0.3) is 5.91 Å². The van der Waals surface area contributed by atoms with E-state index in [1.54, 1.807) is 4.90 Å². The van der Waals surface area contributed by atoms with Crippen molar-refractivity contribution in [1.82, 2.24) is 4.90 Å². The molecule has 28 heavy (non-hydrogen) atoms. The Morgan fingerprint density at radius 2 is 1.86 bits per heavy atom. The van der Waals surface area contributed by atoms with E-state index in [2.05, 4.69) is 0 Å². The van der Waals surface area contributed by atoms with Crippen LogP contribution >= 0.6 is 24.0 Å². The van der Waals surface area contributed by atoms with E-state index in [-0.39, 0.29) is 35.2 Å². The van der Waals surface area contributed by atoms with Crippen molar-refractivity contribution in [3.8, 4) is 11.5 Å².